The first-order valence-electron chi connectivity index (χ1n) is 8.38. The molecule has 128 valence electrons. The molecule has 0 bridgehead atoms. The Labute approximate surface area is 142 Å². The Morgan fingerprint density at radius 3 is 1.92 bits per heavy atom. The zero-order valence-corrected chi connectivity index (χ0v) is 13.6. The number of rotatable bonds is 6. The minimum Gasteiger partial charge on any atom is -0.396 e. The van der Waals surface area contributed by atoms with Crippen molar-refractivity contribution in [2.45, 2.75) is 12.2 Å². The van der Waals surface area contributed by atoms with Crippen molar-refractivity contribution in [3.63, 3.8) is 0 Å². The molecule has 1 aliphatic heterocycles. The van der Waals surface area contributed by atoms with Crippen molar-refractivity contribution in [3.05, 3.63) is 71.8 Å². The molecule has 24 heavy (non-hydrogen) atoms. The molecule has 1 aliphatic rings. The number of hydrogen-bond donors (Lipinski definition) is 2. The number of aliphatic hydroxyl groups excluding tert-OH is 2. The molecule has 1 atom stereocenters. The molecule has 1 unspecified atom stereocenters. The van der Waals surface area contributed by atoms with Crippen LogP contribution in [0.5, 0.6) is 0 Å². The van der Waals surface area contributed by atoms with Gasteiger partial charge in [-0.3, -0.25) is 0 Å². The van der Waals surface area contributed by atoms with E-state index in [2.05, 4.69) is 0 Å². The molecule has 0 spiro atoms. The highest BCUT2D eigenvalue weighted by molar-refractivity contribution is 5.22. The topological polar surface area (TPSA) is 58.9 Å². The largest absolute Gasteiger partial charge is 0.396 e. The first-order valence-corrected chi connectivity index (χ1v) is 8.38. The summed E-state index contributed by atoms with van der Waals surface area (Å²) in [6.45, 7) is 0.953. The fraction of sp³-hybridized carbons (Fsp3) is 0.400. The lowest BCUT2D eigenvalue weighted by atomic mass is 9.77. The van der Waals surface area contributed by atoms with Crippen molar-refractivity contribution in [1.29, 1.82) is 0 Å². The van der Waals surface area contributed by atoms with Crippen LogP contribution in [-0.2, 0) is 9.47 Å². The monoisotopic (exact) mass is 328 g/mol. The molecular formula is C20H24O4. The molecular weight excluding hydrogens is 304 g/mol. The first-order chi connectivity index (χ1) is 11.8. The summed E-state index contributed by atoms with van der Waals surface area (Å²) in [7, 11) is 0. The molecule has 3 rings (SSSR count). The van der Waals surface area contributed by atoms with E-state index in [-0.39, 0.29) is 37.3 Å². The zero-order valence-electron chi connectivity index (χ0n) is 13.6. The van der Waals surface area contributed by atoms with Gasteiger partial charge in [-0.15, -0.1) is 0 Å². The van der Waals surface area contributed by atoms with E-state index in [0.29, 0.717) is 13.2 Å². The Hall–Kier alpha value is -1.72. The maximum atomic E-state index is 9.68. The van der Waals surface area contributed by atoms with Gasteiger partial charge in [0.15, 0.2) is 6.29 Å². The van der Waals surface area contributed by atoms with Gasteiger partial charge < -0.3 is 19.7 Å². The van der Waals surface area contributed by atoms with Crippen molar-refractivity contribution < 1.29 is 19.7 Å². The summed E-state index contributed by atoms with van der Waals surface area (Å²) in [4.78, 5) is 0. The second-order valence-corrected chi connectivity index (χ2v) is 6.23. The standard InChI is InChI=1S/C20H24O4/c21-11-17(12-22)19(15-7-3-1-4-8-15)18-13-23-20(24-14-18)16-9-5-2-6-10-16/h1-10,17-22H,11-14H2. The highest BCUT2D eigenvalue weighted by Gasteiger charge is 2.34. The summed E-state index contributed by atoms with van der Waals surface area (Å²) in [5, 5.41) is 19.4. The average Bonchev–Trinajstić information content (AvgIpc) is 2.67. The van der Waals surface area contributed by atoms with Crippen LogP contribution < -0.4 is 0 Å². The van der Waals surface area contributed by atoms with Gasteiger partial charge in [0.2, 0.25) is 0 Å². The van der Waals surface area contributed by atoms with Gasteiger partial charge in [0.25, 0.3) is 0 Å². The second-order valence-electron chi connectivity index (χ2n) is 6.23. The Morgan fingerprint density at radius 1 is 0.833 bits per heavy atom. The van der Waals surface area contributed by atoms with Crippen molar-refractivity contribution in [1.82, 2.24) is 0 Å². The lowest BCUT2D eigenvalue weighted by Crippen LogP contribution is -2.36. The van der Waals surface area contributed by atoms with Gasteiger partial charge in [-0.25, -0.2) is 0 Å². The predicted molar refractivity (Wildman–Crippen MR) is 91.4 cm³/mol. The third-order valence-corrected chi connectivity index (χ3v) is 4.66. The van der Waals surface area contributed by atoms with Gasteiger partial charge >= 0.3 is 0 Å². The van der Waals surface area contributed by atoms with Gasteiger partial charge in [-0.2, -0.15) is 0 Å². The molecule has 0 amide bonds. The molecule has 1 saturated heterocycles. The maximum absolute atomic E-state index is 9.68. The number of benzene rings is 2. The summed E-state index contributed by atoms with van der Waals surface area (Å²) in [6.07, 6.45) is -0.347. The Bertz CT molecular complexity index is 590. The SMILES string of the molecule is OCC(CO)C(c1ccccc1)C1COC(c2ccccc2)OC1. The maximum Gasteiger partial charge on any atom is 0.183 e. The van der Waals surface area contributed by atoms with Crippen LogP contribution >= 0.6 is 0 Å². The van der Waals surface area contributed by atoms with Gasteiger partial charge in [-0.1, -0.05) is 60.7 Å². The van der Waals surface area contributed by atoms with Crippen LogP contribution in [-0.4, -0.2) is 36.6 Å². The Kier molecular flexibility index (Phi) is 5.99. The third kappa shape index (κ3) is 3.84. The number of hydrogen-bond acceptors (Lipinski definition) is 4. The van der Waals surface area contributed by atoms with Crippen LogP contribution in [0.4, 0.5) is 0 Å². The van der Waals surface area contributed by atoms with E-state index in [1.807, 2.05) is 60.7 Å². The molecule has 0 radical (unpaired) electrons. The van der Waals surface area contributed by atoms with Crippen LogP contribution in [0.15, 0.2) is 60.7 Å². The van der Waals surface area contributed by atoms with E-state index in [1.165, 1.54) is 0 Å². The minimum atomic E-state index is -0.347. The van der Waals surface area contributed by atoms with E-state index in [4.69, 9.17) is 9.47 Å². The van der Waals surface area contributed by atoms with E-state index >= 15 is 0 Å². The average molecular weight is 328 g/mol. The predicted octanol–water partition coefficient (Wildman–Crippen LogP) is 2.73. The molecule has 1 heterocycles. The normalized spacial score (nSPS) is 22.5. The fourth-order valence-electron chi connectivity index (χ4n) is 3.42. The summed E-state index contributed by atoms with van der Waals surface area (Å²) < 4.78 is 11.9. The number of ether oxygens (including phenoxy) is 2. The van der Waals surface area contributed by atoms with Gasteiger partial charge in [-0.05, 0) is 11.5 Å². The third-order valence-electron chi connectivity index (χ3n) is 4.66. The van der Waals surface area contributed by atoms with Crippen molar-refractivity contribution >= 4 is 0 Å². The molecule has 4 nitrogen and oxygen atoms in total. The summed E-state index contributed by atoms with van der Waals surface area (Å²) >= 11 is 0. The lowest BCUT2D eigenvalue weighted by molar-refractivity contribution is -0.211. The molecule has 2 aromatic rings. The Balaban J connectivity index is 1.73. The van der Waals surface area contributed by atoms with Gasteiger partial charge in [0.05, 0.1) is 13.2 Å². The molecule has 4 heteroatoms. The van der Waals surface area contributed by atoms with Crippen LogP contribution in [0.3, 0.4) is 0 Å². The zero-order chi connectivity index (χ0) is 16.8. The smallest absolute Gasteiger partial charge is 0.183 e. The molecule has 0 aliphatic carbocycles. The molecule has 2 aromatic carbocycles. The fourth-order valence-corrected chi connectivity index (χ4v) is 3.42. The highest BCUT2D eigenvalue weighted by Crippen LogP contribution is 2.37. The van der Waals surface area contributed by atoms with Crippen molar-refractivity contribution in [3.8, 4) is 0 Å². The minimum absolute atomic E-state index is 0.00192. The van der Waals surface area contributed by atoms with Crippen LogP contribution in [0.2, 0.25) is 0 Å². The highest BCUT2D eigenvalue weighted by atomic mass is 16.7. The molecule has 2 N–H and O–H groups in total. The molecule has 0 aromatic heterocycles. The quantitative estimate of drug-likeness (QED) is 0.856. The van der Waals surface area contributed by atoms with Gasteiger partial charge in [0.1, 0.15) is 0 Å². The van der Waals surface area contributed by atoms with Crippen LogP contribution in [0, 0.1) is 11.8 Å². The molecule has 1 fully saturated rings. The van der Waals surface area contributed by atoms with Crippen LogP contribution in [0.25, 0.3) is 0 Å². The number of aliphatic hydroxyl groups is 2. The summed E-state index contributed by atoms with van der Waals surface area (Å²) in [5.74, 6) is -0.132. The van der Waals surface area contributed by atoms with Crippen molar-refractivity contribution in [2.24, 2.45) is 11.8 Å². The van der Waals surface area contributed by atoms with E-state index in [9.17, 15) is 10.2 Å². The van der Waals surface area contributed by atoms with Gasteiger partial charge in [0, 0.05) is 30.6 Å². The lowest BCUT2D eigenvalue weighted by Gasteiger charge is -2.37. The first kappa shape index (κ1) is 17.1. The van der Waals surface area contributed by atoms with Crippen LogP contribution in [0.1, 0.15) is 23.3 Å². The summed E-state index contributed by atoms with van der Waals surface area (Å²) in [5.41, 5.74) is 2.11. The van der Waals surface area contributed by atoms with E-state index in [1.54, 1.807) is 0 Å². The summed E-state index contributed by atoms with van der Waals surface area (Å²) in [6, 6.07) is 19.9. The van der Waals surface area contributed by atoms with E-state index < -0.39 is 0 Å². The second kappa shape index (κ2) is 8.40. The van der Waals surface area contributed by atoms with E-state index in [0.717, 1.165) is 11.1 Å². The Morgan fingerprint density at radius 2 is 1.38 bits per heavy atom. The van der Waals surface area contributed by atoms with Crippen molar-refractivity contribution in [2.75, 3.05) is 26.4 Å². The molecule has 0 saturated carbocycles.